The van der Waals surface area contributed by atoms with Gasteiger partial charge in [0.25, 0.3) is 0 Å². The minimum Gasteiger partial charge on any atom is -0.372 e. The fraction of sp³-hybridized carbons (Fsp3) is 0.360. The normalized spacial score (nSPS) is 13.6. The van der Waals surface area contributed by atoms with Crippen molar-refractivity contribution >= 4 is 23.2 Å². The first-order chi connectivity index (χ1) is 14.9. The van der Waals surface area contributed by atoms with Crippen LogP contribution in [0.4, 0.5) is 5.69 Å². The largest absolute Gasteiger partial charge is 0.372 e. The van der Waals surface area contributed by atoms with Gasteiger partial charge in [-0.15, -0.1) is 0 Å². The minimum absolute atomic E-state index is 0.00342. The number of benzene rings is 2. The highest BCUT2D eigenvalue weighted by atomic mass is 35.5. The number of aryl methyl sites for hydroxylation is 2. The number of rotatable bonds is 6. The second-order valence-electron chi connectivity index (χ2n) is 8.31. The van der Waals surface area contributed by atoms with Crippen LogP contribution in [0.25, 0.3) is 5.69 Å². The molecule has 1 aliphatic heterocycles. The molecule has 6 heteroatoms. The van der Waals surface area contributed by atoms with Gasteiger partial charge in [0.15, 0.2) is 0 Å². The third kappa shape index (κ3) is 4.77. The van der Waals surface area contributed by atoms with Crippen molar-refractivity contribution in [1.29, 1.82) is 0 Å². The summed E-state index contributed by atoms with van der Waals surface area (Å²) in [6, 6.07) is 14.4. The molecule has 0 spiro atoms. The summed E-state index contributed by atoms with van der Waals surface area (Å²) in [5.74, 6) is -0.00342. The van der Waals surface area contributed by atoms with E-state index in [1.165, 1.54) is 18.5 Å². The lowest BCUT2D eigenvalue weighted by atomic mass is 10.1. The molecule has 1 saturated heterocycles. The molecule has 0 radical (unpaired) electrons. The Hall–Kier alpha value is -2.79. The topological polar surface area (TPSA) is 50.2 Å². The van der Waals surface area contributed by atoms with Gasteiger partial charge in [0.2, 0.25) is 5.91 Å². The molecule has 1 N–H and O–H groups in total. The maximum absolute atomic E-state index is 12.6. The number of hydrogen-bond acceptors (Lipinski definition) is 3. The molecule has 162 valence electrons. The fourth-order valence-corrected chi connectivity index (χ4v) is 4.29. The summed E-state index contributed by atoms with van der Waals surface area (Å²) >= 11 is 6.29. The first kappa shape index (κ1) is 21.4. The smallest absolute Gasteiger partial charge is 0.224 e. The lowest BCUT2D eigenvalue weighted by Gasteiger charge is -2.17. The maximum Gasteiger partial charge on any atom is 0.224 e. The molecule has 2 heterocycles. The SMILES string of the molecule is Cc1ccc(-n2nc(C)c(CC(=O)NCc3ccc(N4CCCC4)cc3)c2C)cc1Cl. The van der Waals surface area contributed by atoms with Crippen molar-refractivity contribution in [2.24, 2.45) is 0 Å². The lowest BCUT2D eigenvalue weighted by Crippen LogP contribution is -2.25. The van der Waals surface area contributed by atoms with E-state index in [0.29, 0.717) is 18.0 Å². The number of amides is 1. The van der Waals surface area contributed by atoms with Crippen LogP contribution in [0.15, 0.2) is 42.5 Å². The van der Waals surface area contributed by atoms with Crippen LogP contribution >= 0.6 is 11.6 Å². The molecule has 0 unspecified atom stereocenters. The van der Waals surface area contributed by atoms with Crippen molar-refractivity contribution in [3.05, 3.63) is 75.6 Å². The van der Waals surface area contributed by atoms with Gasteiger partial charge in [-0.05, 0) is 69.0 Å². The van der Waals surface area contributed by atoms with E-state index in [9.17, 15) is 4.79 Å². The molecule has 0 aliphatic carbocycles. The molecule has 4 rings (SSSR count). The van der Waals surface area contributed by atoms with Gasteiger partial charge in [0, 0.05) is 41.6 Å². The van der Waals surface area contributed by atoms with Crippen LogP contribution < -0.4 is 10.2 Å². The Morgan fingerprint density at radius 3 is 2.39 bits per heavy atom. The van der Waals surface area contributed by atoms with E-state index >= 15 is 0 Å². The van der Waals surface area contributed by atoms with Gasteiger partial charge in [0.1, 0.15) is 0 Å². The summed E-state index contributed by atoms with van der Waals surface area (Å²) in [5.41, 5.74) is 7.08. The second kappa shape index (κ2) is 9.15. The van der Waals surface area contributed by atoms with Gasteiger partial charge < -0.3 is 10.2 Å². The summed E-state index contributed by atoms with van der Waals surface area (Å²) in [6.45, 7) is 8.71. The highest BCUT2D eigenvalue weighted by molar-refractivity contribution is 6.31. The average molecular weight is 437 g/mol. The zero-order chi connectivity index (χ0) is 22.0. The van der Waals surface area contributed by atoms with Gasteiger partial charge >= 0.3 is 0 Å². The van der Waals surface area contributed by atoms with Crippen LogP contribution in [-0.2, 0) is 17.8 Å². The Bertz CT molecular complexity index is 1080. The summed E-state index contributed by atoms with van der Waals surface area (Å²) < 4.78 is 1.86. The summed E-state index contributed by atoms with van der Waals surface area (Å²) in [6.07, 6.45) is 2.84. The quantitative estimate of drug-likeness (QED) is 0.597. The number of carbonyl (C=O) groups excluding carboxylic acids is 1. The number of carbonyl (C=O) groups is 1. The highest BCUT2D eigenvalue weighted by Gasteiger charge is 2.17. The number of hydrogen-bond donors (Lipinski definition) is 1. The van der Waals surface area contributed by atoms with Gasteiger partial charge in [-0.25, -0.2) is 4.68 Å². The predicted octanol–water partition coefficient (Wildman–Crippen LogP) is 4.91. The average Bonchev–Trinajstić information content (AvgIpc) is 3.39. The highest BCUT2D eigenvalue weighted by Crippen LogP contribution is 2.23. The first-order valence-corrected chi connectivity index (χ1v) is 11.2. The third-order valence-corrected chi connectivity index (χ3v) is 6.48. The second-order valence-corrected chi connectivity index (χ2v) is 8.72. The van der Waals surface area contributed by atoms with Crippen LogP contribution in [0.5, 0.6) is 0 Å². The third-order valence-electron chi connectivity index (χ3n) is 6.08. The molecule has 1 aliphatic rings. The molecule has 0 atom stereocenters. The van der Waals surface area contributed by atoms with E-state index in [-0.39, 0.29) is 5.91 Å². The Labute approximate surface area is 189 Å². The first-order valence-electron chi connectivity index (χ1n) is 10.8. The number of nitrogens with zero attached hydrogens (tertiary/aromatic N) is 3. The maximum atomic E-state index is 12.6. The molecule has 1 amide bonds. The summed E-state index contributed by atoms with van der Waals surface area (Å²) in [5, 5.41) is 8.40. The monoisotopic (exact) mass is 436 g/mol. The van der Waals surface area contributed by atoms with Crippen molar-refractivity contribution in [3.8, 4) is 5.69 Å². The molecule has 0 bridgehead atoms. The predicted molar refractivity (Wildman–Crippen MR) is 126 cm³/mol. The number of aromatic nitrogens is 2. The Morgan fingerprint density at radius 2 is 1.71 bits per heavy atom. The van der Waals surface area contributed by atoms with Gasteiger partial charge in [-0.1, -0.05) is 29.8 Å². The van der Waals surface area contributed by atoms with E-state index in [1.807, 2.05) is 43.7 Å². The van der Waals surface area contributed by atoms with Gasteiger partial charge in [0.05, 0.1) is 17.8 Å². The molecular formula is C25H29ClN4O. The number of halogens is 1. The Balaban J connectivity index is 1.39. The van der Waals surface area contributed by atoms with Crippen molar-refractivity contribution in [2.75, 3.05) is 18.0 Å². The molecule has 1 fully saturated rings. The standard InChI is InChI=1S/C25H29ClN4O/c1-17-6-9-22(14-24(17)26)30-19(3)23(18(2)28-30)15-25(31)27-16-20-7-10-21(11-8-20)29-12-4-5-13-29/h6-11,14H,4-5,12-13,15-16H2,1-3H3,(H,27,31). The molecule has 2 aromatic carbocycles. The molecule has 31 heavy (non-hydrogen) atoms. The number of anilines is 1. The van der Waals surface area contributed by atoms with Gasteiger partial charge in [-0.3, -0.25) is 4.79 Å². The Morgan fingerprint density at radius 1 is 1.03 bits per heavy atom. The van der Waals surface area contributed by atoms with Crippen molar-refractivity contribution in [1.82, 2.24) is 15.1 Å². The van der Waals surface area contributed by atoms with Crippen molar-refractivity contribution in [2.45, 2.75) is 46.6 Å². The summed E-state index contributed by atoms with van der Waals surface area (Å²) in [7, 11) is 0. The molecule has 0 saturated carbocycles. The molecule has 3 aromatic rings. The van der Waals surface area contributed by atoms with E-state index in [4.69, 9.17) is 11.6 Å². The van der Waals surface area contributed by atoms with Crippen LogP contribution in [-0.4, -0.2) is 28.8 Å². The van der Waals surface area contributed by atoms with E-state index in [2.05, 4.69) is 39.6 Å². The summed E-state index contributed by atoms with van der Waals surface area (Å²) in [4.78, 5) is 15.0. The number of nitrogens with one attached hydrogen (secondary N) is 1. The van der Waals surface area contributed by atoms with Crippen LogP contribution in [0.3, 0.4) is 0 Å². The zero-order valence-electron chi connectivity index (χ0n) is 18.4. The van der Waals surface area contributed by atoms with Crippen LogP contribution in [0, 0.1) is 20.8 Å². The van der Waals surface area contributed by atoms with Crippen molar-refractivity contribution in [3.63, 3.8) is 0 Å². The van der Waals surface area contributed by atoms with E-state index in [0.717, 1.165) is 46.9 Å². The van der Waals surface area contributed by atoms with Gasteiger partial charge in [-0.2, -0.15) is 5.10 Å². The minimum atomic E-state index is -0.00342. The zero-order valence-corrected chi connectivity index (χ0v) is 19.2. The van der Waals surface area contributed by atoms with Crippen LogP contribution in [0.1, 0.15) is 40.9 Å². The van der Waals surface area contributed by atoms with E-state index < -0.39 is 0 Å². The molecule has 1 aromatic heterocycles. The Kier molecular flexibility index (Phi) is 6.33. The van der Waals surface area contributed by atoms with Crippen LogP contribution in [0.2, 0.25) is 5.02 Å². The molecule has 5 nitrogen and oxygen atoms in total. The fourth-order valence-electron chi connectivity index (χ4n) is 4.12. The lowest BCUT2D eigenvalue weighted by molar-refractivity contribution is -0.120. The van der Waals surface area contributed by atoms with Crippen molar-refractivity contribution < 1.29 is 4.79 Å². The van der Waals surface area contributed by atoms with E-state index in [1.54, 1.807) is 0 Å². The molecular weight excluding hydrogens is 408 g/mol.